The molecule has 0 atom stereocenters. The van der Waals surface area contributed by atoms with E-state index in [9.17, 15) is 4.79 Å². The van der Waals surface area contributed by atoms with Crippen molar-refractivity contribution >= 4 is 11.7 Å². The van der Waals surface area contributed by atoms with Gasteiger partial charge in [0.15, 0.2) is 0 Å². The van der Waals surface area contributed by atoms with Crippen molar-refractivity contribution in [2.24, 2.45) is 7.05 Å². The van der Waals surface area contributed by atoms with Gasteiger partial charge in [-0.3, -0.25) is 0 Å². The van der Waals surface area contributed by atoms with Crippen molar-refractivity contribution in [2.45, 2.75) is 6.54 Å². The van der Waals surface area contributed by atoms with Gasteiger partial charge in [0.2, 0.25) is 0 Å². The summed E-state index contributed by atoms with van der Waals surface area (Å²) < 4.78 is 1.91. The minimum atomic E-state index is -1.03. The topological polar surface area (TPSA) is 80.0 Å². The van der Waals surface area contributed by atoms with Crippen LogP contribution in [-0.4, -0.2) is 25.6 Å². The number of hydrogen-bond acceptors (Lipinski definition) is 4. The van der Waals surface area contributed by atoms with E-state index in [2.05, 4.69) is 15.3 Å². The number of carboxylic acid groups (broad SMARTS) is 1. The molecule has 0 radical (unpaired) electrons. The highest BCUT2D eigenvalue weighted by atomic mass is 16.4. The molecule has 0 bridgehead atoms. The fourth-order valence-corrected chi connectivity index (χ4v) is 1.37. The average Bonchev–Trinajstić information content (AvgIpc) is 2.73. The fourth-order valence-electron chi connectivity index (χ4n) is 1.37. The summed E-state index contributed by atoms with van der Waals surface area (Å²) in [6.07, 6.45) is 5.08. The summed E-state index contributed by atoms with van der Waals surface area (Å²) in [5.74, 6) is -0.132. The van der Waals surface area contributed by atoms with Gasteiger partial charge in [0.25, 0.3) is 0 Å². The summed E-state index contributed by atoms with van der Waals surface area (Å²) in [6, 6.07) is 3.14. The van der Waals surface area contributed by atoms with Crippen LogP contribution in [0, 0.1) is 0 Å². The highest BCUT2D eigenvalue weighted by Gasteiger charge is 2.04. The van der Waals surface area contributed by atoms with Gasteiger partial charge in [0.05, 0.1) is 18.4 Å². The molecular formula is C11H12N4O2. The quantitative estimate of drug-likeness (QED) is 0.825. The van der Waals surface area contributed by atoms with Crippen LogP contribution in [0.5, 0.6) is 0 Å². The minimum Gasteiger partial charge on any atom is -0.477 e. The van der Waals surface area contributed by atoms with Crippen molar-refractivity contribution in [3.05, 3.63) is 42.2 Å². The molecular weight excluding hydrogens is 220 g/mol. The number of nitrogens with zero attached hydrogens (tertiary/aromatic N) is 3. The molecule has 6 nitrogen and oxygen atoms in total. The van der Waals surface area contributed by atoms with Gasteiger partial charge in [0.1, 0.15) is 11.5 Å². The number of anilines is 1. The summed E-state index contributed by atoms with van der Waals surface area (Å²) in [4.78, 5) is 18.6. The van der Waals surface area contributed by atoms with Crippen LogP contribution in [-0.2, 0) is 13.6 Å². The molecule has 88 valence electrons. The van der Waals surface area contributed by atoms with Crippen LogP contribution in [0.2, 0.25) is 0 Å². The van der Waals surface area contributed by atoms with E-state index in [-0.39, 0.29) is 5.69 Å². The lowest BCUT2D eigenvalue weighted by atomic mass is 10.3. The largest absolute Gasteiger partial charge is 0.477 e. The third-order valence-corrected chi connectivity index (χ3v) is 2.35. The van der Waals surface area contributed by atoms with Crippen LogP contribution >= 0.6 is 0 Å². The number of imidazole rings is 1. The van der Waals surface area contributed by atoms with Gasteiger partial charge in [-0.2, -0.15) is 0 Å². The summed E-state index contributed by atoms with van der Waals surface area (Å²) in [6.45, 7) is 0.567. The predicted molar refractivity (Wildman–Crippen MR) is 61.7 cm³/mol. The molecule has 2 rings (SSSR count). The fraction of sp³-hybridized carbons (Fsp3) is 0.182. The number of rotatable bonds is 4. The second-order valence-corrected chi connectivity index (χ2v) is 3.55. The molecule has 0 saturated carbocycles. The highest BCUT2D eigenvalue weighted by Crippen LogP contribution is 2.07. The van der Waals surface area contributed by atoms with E-state index in [1.54, 1.807) is 12.3 Å². The summed E-state index contributed by atoms with van der Waals surface area (Å²) in [5.41, 5.74) is 0.797. The molecule has 2 heterocycles. The summed E-state index contributed by atoms with van der Waals surface area (Å²) in [5, 5.41) is 11.8. The first-order valence-electron chi connectivity index (χ1n) is 5.06. The molecule has 2 aromatic rings. The zero-order valence-corrected chi connectivity index (χ0v) is 9.29. The molecule has 0 aliphatic rings. The summed E-state index contributed by atoms with van der Waals surface area (Å²) in [7, 11) is 1.91. The lowest BCUT2D eigenvalue weighted by molar-refractivity contribution is 0.0690. The van der Waals surface area contributed by atoms with E-state index in [4.69, 9.17) is 5.11 Å². The normalized spacial score (nSPS) is 10.2. The Morgan fingerprint density at radius 1 is 1.47 bits per heavy atom. The highest BCUT2D eigenvalue weighted by molar-refractivity contribution is 5.85. The first-order valence-corrected chi connectivity index (χ1v) is 5.06. The van der Waals surface area contributed by atoms with Crippen molar-refractivity contribution in [3.63, 3.8) is 0 Å². The van der Waals surface area contributed by atoms with E-state index in [1.807, 2.05) is 17.8 Å². The van der Waals surface area contributed by atoms with Crippen molar-refractivity contribution in [2.75, 3.05) is 5.32 Å². The van der Waals surface area contributed by atoms with Crippen molar-refractivity contribution in [1.29, 1.82) is 0 Å². The predicted octanol–water partition coefficient (Wildman–Crippen LogP) is 1.13. The van der Waals surface area contributed by atoms with Crippen molar-refractivity contribution in [3.8, 4) is 0 Å². The van der Waals surface area contributed by atoms with Crippen LogP contribution in [0.4, 0.5) is 5.69 Å². The lowest BCUT2D eigenvalue weighted by Gasteiger charge is -2.06. The number of hydrogen-bond donors (Lipinski definition) is 2. The maximum atomic E-state index is 10.6. The number of aryl methyl sites for hydroxylation is 1. The Balaban J connectivity index is 2.00. The van der Waals surface area contributed by atoms with E-state index >= 15 is 0 Å². The maximum absolute atomic E-state index is 10.6. The van der Waals surface area contributed by atoms with Gasteiger partial charge < -0.3 is 15.0 Å². The molecule has 0 amide bonds. The number of pyridine rings is 1. The molecule has 0 saturated heterocycles. The number of nitrogens with one attached hydrogen (secondary N) is 1. The van der Waals surface area contributed by atoms with Crippen LogP contribution < -0.4 is 5.32 Å². The second kappa shape index (κ2) is 4.65. The standard InChI is InChI=1S/C11H12N4O2/c1-15-5-4-12-10(15)7-13-8-2-3-9(11(16)17)14-6-8/h2-6,13H,7H2,1H3,(H,16,17). The SMILES string of the molecule is Cn1ccnc1CNc1ccc(C(=O)O)nc1. The van der Waals surface area contributed by atoms with Gasteiger partial charge in [-0.15, -0.1) is 0 Å². The van der Waals surface area contributed by atoms with Gasteiger partial charge in [-0.25, -0.2) is 14.8 Å². The van der Waals surface area contributed by atoms with E-state index < -0.39 is 5.97 Å². The van der Waals surface area contributed by atoms with Crippen molar-refractivity contribution in [1.82, 2.24) is 14.5 Å². The smallest absolute Gasteiger partial charge is 0.354 e. The Kier molecular flexibility index (Phi) is 3.04. The summed E-state index contributed by atoms with van der Waals surface area (Å²) >= 11 is 0. The number of aromatic nitrogens is 3. The number of aromatic carboxylic acids is 1. The van der Waals surface area contributed by atoms with E-state index in [0.717, 1.165) is 11.5 Å². The number of carboxylic acids is 1. The van der Waals surface area contributed by atoms with Crippen LogP contribution in [0.1, 0.15) is 16.3 Å². The molecule has 2 N–H and O–H groups in total. The molecule has 0 fully saturated rings. The molecule has 0 unspecified atom stereocenters. The Morgan fingerprint density at radius 2 is 2.29 bits per heavy atom. The second-order valence-electron chi connectivity index (χ2n) is 3.55. The molecule has 0 aromatic carbocycles. The van der Waals surface area contributed by atoms with Crippen LogP contribution in [0.3, 0.4) is 0 Å². The van der Waals surface area contributed by atoms with Crippen LogP contribution in [0.15, 0.2) is 30.7 Å². The molecule has 2 aromatic heterocycles. The Bertz CT molecular complexity index is 519. The van der Waals surface area contributed by atoms with E-state index in [0.29, 0.717) is 6.54 Å². The zero-order valence-electron chi connectivity index (χ0n) is 9.29. The van der Waals surface area contributed by atoms with Gasteiger partial charge >= 0.3 is 5.97 Å². The zero-order chi connectivity index (χ0) is 12.3. The lowest BCUT2D eigenvalue weighted by Crippen LogP contribution is -2.06. The molecule has 17 heavy (non-hydrogen) atoms. The molecule has 0 spiro atoms. The third kappa shape index (κ3) is 2.60. The molecule has 0 aliphatic heterocycles. The van der Waals surface area contributed by atoms with E-state index in [1.165, 1.54) is 12.3 Å². The average molecular weight is 232 g/mol. The molecule has 6 heteroatoms. The van der Waals surface area contributed by atoms with Crippen LogP contribution in [0.25, 0.3) is 0 Å². The Morgan fingerprint density at radius 3 is 2.82 bits per heavy atom. The van der Waals surface area contributed by atoms with Gasteiger partial charge in [-0.1, -0.05) is 0 Å². The maximum Gasteiger partial charge on any atom is 0.354 e. The van der Waals surface area contributed by atoms with Gasteiger partial charge in [0, 0.05) is 19.4 Å². The first kappa shape index (κ1) is 11.1. The number of carbonyl (C=O) groups is 1. The molecule has 0 aliphatic carbocycles. The monoisotopic (exact) mass is 232 g/mol. The first-order chi connectivity index (χ1) is 8.16. The van der Waals surface area contributed by atoms with Gasteiger partial charge in [-0.05, 0) is 12.1 Å². The Labute approximate surface area is 97.9 Å². The third-order valence-electron chi connectivity index (χ3n) is 2.35. The van der Waals surface area contributed by atoms with Crippen molar-refractivity contribution < 1.29 is 9.90 Å². The minimum absolute atomic E-state index is 0.0348. The Hall–Kier alpha value is -2.37.